The van der Waals surface area contributed by atoms with E-state index < -0.39 is 43.2 Å². The van der Waals surface area contributed by atoms with Crippen molar-refractivity contribution in [2.45, 2.75) is 37.6 Å². The molecule has 0 aliphatic carbocycles. The number of hydrogen-bond acceptors (Lipinski definition) is 7. The van der Waals surface area contributed by atoms with Crippen molar-refractivity contribution in [1.82, 2.24) is 5.32 Å². The van der Waals surface area contributed by atoms with Gasteiger partial charge in [0.2, 0.25) is 12.2 Å². The molecule has 23 heavy (non-hydrogen) atoms. The average Bonchev–Trinajstić information content (AvgIpc) is 2.54. The number of ether oxygens (including phenoxy) is 3. The third-order valence-electron chi connectivity index (χ3n) is 3.56. The Morgan fingerprint density at radius 1 is 1.26 bits per heavy atom. The maximum absolute atomic E-state index is 11.3. The van der Waals surface area contributed by atoms with Crippen molar-refractivity contribution in [3.63, 3.8) is 0 Å². The van der Waals surface area contributed by atoms with E-state index in [1.165, 1.54) is 14.0 Å². The Hall–Kier alpha value is -1.87. The topological polar surface area (TPSA) is 117 Å². The van der Waals surface area contributed by atoms with Gasteiger partial charge in [-0.2, -0.15) is 0 Å². The predicted octanol–water partition coefficient (Wildman–Crippen LogP) is -0.982. The zero-order valence-corrected chi connectivity index (χ0v) is 12.9. The number of methoxy groups -OCH3 is 1. The molecule has 1 aliphatic heterocycles. The molecule has 128 valence electrons. The summed E-state index contributed by atoms with van der Waals surface area (Å²) in [7, 11) is 1.48. The van der Waals surface area contributed by atoms with Crippen molar-refractivity contribution < 1.29 is 34.3 Å². The molecule has 0 saturated carbocycles. The summed E-state index contributed by atoms with van der Waals surface area (Å²) in [5.74, 6) is 0.371. The molecule has 0 spiro atoms. The molecule has 1 aromatic carbocycles. The van der Waals surface area contributed by atoms with E-state index in [-0.39, 0.29) is 0 Å². The van der Waals surface area contributed by atoms with E-state index in [1.54, 1.807) is 24.3 Å². The van der Waals surface area contributed by atoms with E-state index in [0.717, 1.165) is 0 Å². The summed E-state index contributed by atoms with van der Waals surface area (Å²) < 4.78 is 16.4. The first-order chi connectivity index (χ1) is 11.0. The number of nitrogens with one attached hydrogen (secondary N) is 1. The highest BCUT2D eigenvalue weighted by Crippen LogP contribution is 2.30. The second kappa shape index (κ2) is 7.60. The highest BCUT2D eigenvalue weighted by molar-refractivity contribution is 5.73. The van der Waals surface area contributed by atoms with Crippen LogP contribution < -0.4 is 14.8 Å². The van der Waals surface area contributed by atoms with E-state index in [4.69, 9.17) is 14.2 Å². The average molecular weight is 327 g/mol. The molecule has 0 aromatic heterocycles. The minimum atomic E-state index is -1.36. The molecule has 0 radical (unpaired) electrons. The number of carbonyl (C=O) groups is 1. The first-order valence-corrected chi connectivity index (χ1v) is 7.17. The van der Waals surface area contributed by atoms with Gasteiger partial charge in [-0.3, -0.25) is 4.79 Å². The molecular weight excluding hydrogens is 306 g/mol. The van der Waals surface area contributed by atoms with Gasteiger partial charge in [-0.1, -0.05) is 12.1 Å². The minimum Gasteiger partial charge on any atom is -0.493 e. The van der Waals surface area contributed by atoms with Crippen LogP contribution in [0.2, 0.25) is 0 Å². The van der Waals surface area contributed by atoms with Crippen molar-refractivity contribution >= 4 is 5.91 Å². The molecular formula is C15H21NO7. The lowest BCUT2D eigenvalue weighted by atomic mass is 9.97. The van der Waals surface area contributed by atoms with Gasteiger partial charge in [-0.15, -0.1) is 0 Å². The Bertz CT molecular complexity index is 538. The molecule has 1 aromatic rings. The molecule has 4 N–H and O–H groups in total. The Morgan fingerprint density at radius 2 is 1.91 bits per heavy atom. The molecule has 1 heterocycles. The molecule has 1 fully saturated rings. The van der Waals surface area contributed by atoms with Gasteiger partial charge in [0.1, 0.15) is 24.4 Å². The van der Waals surface area contributed by atoms with E-state index in [1.807, 2.05) is 0 Å². The number of para-hydroxylation sites is 2. The van der Waals surface area contributed by atoms with Crippen LogP contribution in [-0.2, 0) is 9.53 Å². The number of aliphatic hydroxyl groups excluding tert-OH is 3. The zero-order valence-electron chi connectivity index (χ0n) is 12.9. The second-order valence-electron chi connectivity index (χ2n) is 5.20. The predicted molar refractivity (Wildman–Crippen MR) is 79.0 cm³/mol. The maximum Gasteiger partial charge on any atom is 0.223 e. The van der Waals surface area contributed by atoms with Gasteiger partial charge in [-0.05, 0) is 12.1 Å². The van der Waals surface area contributed by atoms with Gasteiger partial charge >= 0.3 is 0 Å². The summed E-state index contributed by atoms with van der Waals surface area (Å²) in [4.78, 5) is 11.3. The van der Waals surface area contributed by atoms with Gasteiger partial charge in [0.15, 0.2) is 11.5 Å². The normalized spacial score (nSPS) is 30.6. The maximum atomic E-state index is 11.3. The molecule has 2 rings (SSSR count). The fourth-order valence-electron chi connectivity index (χ4n) is 2.41. The molecule has 0 bridgehead atoms. The van der Waals surface area contributed by atoms with Crippen molar-refractivity contribution in [2.24, 2.45) is 0 Å². The van der Waals surface area contributed by atoms with Crippen LogP contribution >= 0.6 is 0 Å². The highest BCUT2D eigenvalue weighted by atomic mass is 16.7. The number of amides is 1. The minimum absolute atomic E-state index is 0.343. The smallest absolute Gasteiger partial charge is 0.223 e. The van der Waals surface area contributed by atoms with Crippen LogP contribution in [0.3, 0.4) is 0 Å². The summed E-state index contributed by atoms with van der Waals surface area (Å²) in [6.45, 7) is 0.772. The highest BCUT2D eigenvalue weighted by Gasteiger charge is 2.46. The lowest BCUT2D eigenvalue weighted by molar-refractivity contribution is -0.244. The summed E-state index contributed by atoms with van der Waals surface area (Å²) in [6, 6.07) is 5.80. The second-order valence-corrected chi connectivity index (χ2v) is 5.20. The number of aliphatic hydroxyl groups is 3. The van der Waals surface area contributed by atoms with Crippen LogP contribution in [0.25, 0.3) is 0 Å². The van der Waals surface area contributed by atoms with Gasteiger partial charge in [-0.25, -0.2) is 0 Å². The number of rotatable bonds is 5. The lowest BCUT2D eigenvalue weighted by Crippen LogP contribution is -2.65. The SMILES string of the molecule is COc1ccccc1O[C@@H]1O[C@@H](CO)[C@H](O)[C@H](O)[C@@H]1NC(C)=O. The van der Waals surface area contributed by atoms with Crippen LogP contribution in [0.15, 0.2) is 24.3 Å². The largest absolute Gasteiger partial charge is 0.493 e. The Balaban J connectivity index is 2.25. The Labute approximate surface area is 133 Å². The van der Waals surface area contributed by atoms with E-state index in [0.29, 0.717) is 11.5 Å². The molecule has 1 aliphatic rings. The first-order valence-electron chi connectivity index (χ1n) is 7.17. The standard InChI is InChI=1S/C15H21NO7/c1-8(18)16-12-14(20)13(19)11(7-17)23-15(12)22-10-6-4-3-5-9(10)21-2/h3-6,11-15,17,19-20H,7H2,1-2H3,(H,16,18)/t11-,12-,13-,14+,15+/m0/s1. The number of carbonyl (C=O) groups excluding carboxylic acids is 1. The van der Waals surface area contributed by atoms with Crippen molar-refractivity contribution in [1.29, 1.82) is 0 Å². The fourth-order valence-corrected chi connectivity index (χ4v) is 2.41. The van der Waals surface area contributed by atoms with Gasteiger partial charge in [0, 0.05) is 6.92 Å². The molecule has 1 amide bonds. The van der Waals surface area contributed by atoms with E-state index in [2.05, 4.69) is 5.32 Å². The monoisotopic (exact) mass is 327 g/mol. The zero-order chi connectivity index (χ0) is 17.0. The molecule has 8 heteroatoms. The van der Waals surface area contributed by atoms with Crippen LogP contribution in [0.5, 0.6) is 11.5 Å². The fraction of sp³-hybridized carbons (Fsp3) is 0.533. The van der Waals surface area contributed by atoms with E-state index in [9.17, 15) is 20.1 Å². The van der Waals surface area contributed by atoms with E-state index >= 15 is 0 Å². The summed E-state index contributed by atoms with van der Waals surface area (Å²) >= 11 is 0. The van der Waals surface area contributed by atoms with Gasteiger partial charge in [0.25, 0.3) is 0 Å². The van der Waals surface area contributed by atoms with Crippen molar-refractivity contribution in [3.05, 3.63) is 24.3 Å². The van der Waals surface area contributed by atoms with Crippen LogP contribution in [-0.4, -0.2) is 65.6 Å². The summed E-state index contributed by atoms with van der Waals surface area (Å²) in [6.07, 6.45) is -4.85. The van der Waals surface area contributed by atoms with Crippen molar-refractivity contribution in [3.8, 4) is 11.5 Å². The quantitative estimate of drug-likeness (QED) is 0.549. The summed E-state index contributed by atoms with van der Waals surface area (Å²) in [5, 5.41) is 31.9. The Morgan fingerprint density at radius 3 is 2.48 bits per heavy atom. The summed E-state index contributed by atoms with van der Waals surface area (Å²) in [5.41, 5.74) is 0. The number of benzene rings is 1. The van der Waals surface area contributed by atoms with Gasteiger partial charge < -0.3 is 34.8 Å². The molecule has 5 atom stereocenters. The molecule has 1 saturated heterocycles. The van der Waals surface area contributed by atoms with Crippen LogP contribution in [0.1, 0.15) is 6.92 Å². The Kier molecular flexibility index (Phi) is 5.78. The van der Waals surface area contributed by atoms with Gasteiger partial charge in [0.05, 0.1) is 13.7 Å². The first kappa shape index (κ1) is 17.5. The van der Waals surface area contributed by atoms with Crippen LogP contribution in [0.4, 0.5) is 0 Å². The number of hydrogen-bond donors (Lipinski definition) is 4. The van der Waals surface area contributed by atoms with Crippen LogP contribution in [0, 0.1) is 0 Å². The lowest BCUT2D eigenvalue weighted by Gasteiger charge is -2.42. The third-order valence-corrected chi connectivity index (χ3v) is 3.56. The third kappa shape index (κ3) is 3.91. The molecule has 0 unspecified atom stereocenters. The van der Waals surface area contributed by atoms with Crippen molar-refractivity contribution in [2.75, 3.05) is 13.7 Å². The molecule has 8 nitrogen and oxygen atoms in total.